The molecule has 0 aliphatic rings. The van der Waals surface area contributed by atoms with Crippen LogP contribution in [0.3, 0.4) is 0 Å². The molecule has 0 atom stereocenters. The zero-order valence-electron chi connectivity index (χ0n) is 10.1. The maximum Gasteiger partial charge on any atom is 0.135 e. The predicted molar refractivity (Wildman–Crippen MR) is 75.8 cm³/mol. The summed E-state index contributed by atoms with van der Waals surface area (Å²) in [4.78, 5) is 10.6. The van der Waals surface area contributed by atoms with Crippen molar-refractivity contribution >= 4 is 27.4 Å². The molecule has 0 unspecified atom stereocenters. The minimum absolute atomic E-state index is 0.577. The first-order valence-electron chi connectivity index (χ1n) is 5.78. The van der Waals surface area contributed by atoms with E-state index in [9.17, 15) is 0 Å². The van der Waals surface area contributed by atoms with Crippen LogP contribution in [0.2, 0.25) is 0 Å². The van der Waals surface area contributed by atoms with Gasteiger partial charge in [0, 0.05) is 11.3 Å². The van der Waals surface area contributed by atoms with Crippen molar-refractivity contribution in [2.75, 3.05) is 5.73 Å². The van der Waals surface area contributed by atoms with Crippen molar-refractivity contribution in [1.82, 2.24) is 9.97 Å². The summed E-state index contributed by atoms with van der Waals surface area (Å²) in [5, 5.41) is 1.01. The Hall–Kier alpha value is -1.94. The van der Waals surface area contributed by atoms with Gasteiger partial charge in [0.1, 0.15) is 17.0 Å². The maximum atomic E-state index is 5.92. The fourth-order valence-corrected chi connectivity index (χ4v) is 3.28. The number of nitrogens with two attached hydrogens (primary N) is 1. The maximum absolute atomic E-state index is 5.92. The normalized spacial score (nSPS) is 10.9. The molecule has 0 fully saturated rings. The molecule has 18 heavy (non-hydrogen) atoms. The van der Waals surface area contributed by atoms with Crippen LogP contribution >= 0.6 is 11.3 Å². The molecule has 0 saturated heterocycles. The molecule has 0 aliphatic heterocycles. The summed E-state index contributed by atoms with van der Waals surface area (Å²) in [6.45, 7) is 2.09. The molecule has 0 spiro atoms. The number of benzene rings is 1. The van der Waals surface area contributed by atoms with Crippen LogP contribution in [0.4, 0.5) is 5.82 Å². The van der Waals surface area contributed by atoms with Gasteiger partial charge in [0.2, 0.25) is 0 Å². The lowest BCUT2D eigenvalue weighted by atomic mass is 10.1. The van der Waals surface area contributed by atoms with E-state index in [0.29, 0.717) is 5.82 Å². The van der Waals surface area contributed by atoms with Crippen molar-refractivity contribution in [2.24, 2.45) is 0 Å². The van der Waals surface area contributed by atoms with E-state index in [1.165, 1.54) is 22.3 Å². The van der Waals surface area contributed by atoms with E-state index in [-0.39, 0.29) is 0 Å². The Morgan fingerprint density at radius 1 is 1.17 bits per heavy atom. The average molecular weight is 255 g/mol. The third kappa shape index (κ3) is 1.84. The largest absolute Gasteiger partial charge is 0.383 e. The number of aromatic nitrogens is 2. The topological polar surface area (TPSA) is 51.8 Å². The van der Waals surface area contributed by atoms with E-state index in [2.05, 4.69) is 41.2 Å². The van der Waals surface area contributed by atoms with E-state index >= 15 is 0 Å². The molecule has 0 aliphatic carbocycles. The quantitative estimate of drug-likeness (QED) is 0.765. The molecule has 3 rings (SSSR count). The SMILES string of the molecule is Cc1c(Cc2ccccc2)sc2ncnc(N)c12. The molecule has 0 bridgehead atoms. The zero-order chi connectivity index (χ0) is 12.5. The molecule has 2 N–H and O–H groups in total. The summed E-state index contributed by atoms with van der Waals surface area (Å²) in [7, 11) is 0. The van der Waals surface area contributed by atoms with Gasteiger partial charge in [-0.05, 0) is 18.1 Å². The van der Waals surface area contributed by atoms with Gasteiger partial charge in [0.15, 0.2) is 0 Å². The molecule has 3 nitrogen and oxygen atoms in total. The number of aryl methyl sites for hydroxylation is 1. The Balaban J connectivity index is 2.08. The van der Waals surface area contributed by atoms with Gasteiger partial charge in [-0.15, -0.1) is 11.3 Å². The highest BCUT2D eigenvalue weighted by Gasteiger charge is 2.12. The smallest absolute Gasteiger partial charge is 0.135 e. The Labute approximate surface area is 109 Å². The molecule has 0 saturated carbocycles. The van der Waals surface area contributed by atoms with E-state index in [1.54, 1.807) is 11.3 Å². The average Bonchev–Trinajstić information content (AvgIpc) is 2.69. The number of nitrogens with zero attached hydrogens (tertiary/aromatic N) is 2. The number of thiophene rings is 1. The van der Waals surface area contributed by atoms with Crippen molar-refractivity contribution in [3.05, 3.63) is 52.7 Å². The lowest BCUT2D eigenvalue weighted by Gasteiger charge is -2.00. The lowest BCUT2D eigenvalue weighted by Crippen LogP contribution is -1.92. The van der Waals surface area contributed by atoms with Gasteiger partial charge >= 0.3 is 0 Å². The van der Waals surface area contributed by atoms with Crippen LogP contribution in [-0.4, -0.2) is 9.97 Å². The summed E-state index contributed by atoms with van der Waals surface area (Å²) in [6, 6.07) is 10.4. The molecular weight excluding hydrogens is 242 g/mol. The Morgan fingerprint density at radius 2 is 1.94 bits per heavy atom. The van der Waals surface area contributed by atoms with Crippen LogP contribution in [0.15, 0.2) is 36.7 Å². The first-order valence-corrected chi connectivity index (χ1v) is 6.59. The van der Waals surface area contributed by atoms with Crippen molar-refractivity contribution < 1.29 is 0 Å². The van der Waals surface area contributed by atoms with Crippen molar-refractivity contribution in [2.45, 2.75) is 13.3 Å². The van der Waals surface area contributed by atoms with Gasteiger partial charge in [0.25, 0.3) is 0 Å². The zero-order valence-corrected chi connectivity index (χ0v) is 10.9. The van der Waals surface area contributed by atoms with Gasteiger partial charge in [-0.25, -0.2) is 9.97 Å². The molecule has 0 radical (unpaired) electrons. The van der Waals surface area contributed by atoms with Crippen molar-refractivity contribution in [3.63, 3.8) is 0 Å². The number of hydrogen-bond donors (Lipinski definition) is 1. The third-order valence-electron chi connectivity index (χ3n) is 3.06. The van der Waals surface area contributed by atoms with E-state index in [1.807, 2.05) is 6.07 Å². The molecule has 90 valence electrons. The standard InChI is InChI=1S/C14H13N3S/c1-9-11(7-10-5-3-2-4-6-10)18-14-12(9)13(15)16-8-17-14/h2-6,8H,7H2,1H3,(H2,15,16,17). The molecule has 4 heteroatoms. The van der Waals surface area contributed by atoms with E-state index in [0.717, 1.165) is 16.6 Å². The van der Waals surface area contributed by atoms with E-state index < -0.39 is 0 Å². The number of fused-ring (bicyclic) bond motifs is 1. The third-order valence-corrected chi connectivity index (χ3v) is 4.26. The van der Waals surface area contributed by atoms with E-state index in [4.69, 9.17) is 5.73 Å². The second-order valence-corrected chi connectivity index (χ2v) is 5.34. The van der Waals surface area contributed by atoms with Crippen LogP contribution in [0, 0.1) is 6.92 Å². The van der Waals surface area contributed by atoms with Crippen molar-refractivity contribution in [1.29, 1.82) is 0 Å². The summed E-state index contributed by atoms with van der Waals surface area (Å²) < 4.78 is 0. The molecule has 3 aromatic rings. The van der Waals surface area contributed by atoms with Gasteiger partial charge in [-0.3, -0.25) is 0 Å². The second-order valence-electron chi connectivity index (χ2n) is 4.25. The van der Waals surface area contributed by atoms with Crippen LogP contribution in [0.1, 0.15) is 16.0 Å². The summed E-state index contributed by atoms with van der Waals surface area (Å²) in [5.41, 5.74) is 8.43. The minimum atomic E-state index is 0.577. The number of hydrogen-bond acceptors (Lipinski definition) is 4. The molecule has 2 aromatic heterocycles. The summed E-state index contributed by atoms with van der Waals surface area (Å²) in [5.74, 6) is 0.577. The predicted octanol–water partition coefficient (Wildman–Crippen LogP) is 3.17. The highest BCUT2D eigenvalue weighted by molar-refractivity contribution is 7.19. The minimum Gasteiger partial charge on any atom is -0.383 e. The monoisotopic (exact) mass is 255 g/mol. The number of nitrogen functional groups attached to an aromatic ring is 1. The fourth-order valence-electron chi connectivity index (χ4n) is 2.09. The molecule has 2 heterocycles. The van der Waals surface area contributed by atoms with Gasteiger partial charge in [0.05, 0.1) is 5.39 Å². The second kappa shape index (κ2) is 4.38. The van der Waals surface area contributed by atoms with Gasteiger partial charge in [-0.1, -0.05) is 30.3 Å². The van der Waals surface area contributed by atoms with Gasteiger partial charge in [-0.2, -0.15) is 0 Å². The first-order chi connectivity index (χ1) is 8.75. The summed E-state index contributed by atoms with van der Waals surface area (Å²) >= 11 is 1.70. The highest BCUT2D eigenvalue weighted by atomic mass is 32.1. The highest BCUT2D eigenvalue weighted by Crippen LogP contribution is 2.33. The van der Waals surface area contributed by atoms with Crippen LogP contribution < -0.4 is 5.73 Å². The Morgan fingerprint density at radius 3 is 2.67 bits per heavy atom. The molecule has 1 aromatic carbocycles. The first kappa shape index (κ1) is 11.2. The van der Waals surface area contributed by atoms with Crippen molar-refractivity contribution in [3.8, 4) is 0 Å². The van der Waals surface area contributed by atoms with Crippen LogP contribution in [0.25, 0.3) is 10.2 Å². The van der Waals surface area contributed by atoms with Gasteiger partial charge < -0.3 is 5.73 Å². The Bertz CT molecular complexity index is 689. The summed E-state index contributed by atoms with van der Waals surface area (Å²) in [6.07, 6.45) is 2.45. The van der Waals surface area contributed by atoms with Crippen LogP contribution in [0.5, 0.6) is 0 Å². The fraction of sp³-hybridized carbons (Fsp3) is 0.143. The van der Waals surface area contributed by atoms with Crippen LogP contribution in [-0.2, 0) is 6.42 Å². The molecular formula is C14H13N3S. The number of anilines is 1. The number of rotatable bonds is 2. The molecule has 0 amide bonds. The lowest BCUT2D eigenvalue weighted by molar-refractivity contribution is 1.21. The Kier molecular flexibility index (Phi) is 2.72.